The maximum absolute atomic E-state index is 11.9. The second-order valence-electron chi connectivity index (χ2n) is 3.50. The minimum atomic E-state index is -0.340. The number of nitriles is 1. The minimum Gasteiger partial charge on any atom is -0.304 e. The normalized spacial score (nSPS) is 9.83. The zero-order valence-corrected chi connectivity index (χ0v) is 11.0. The van der Waals surface area contributed by atoms with Crippen LogP contribution in [-0.4, -0.2) is 20.7 Å². The van der Waals surface area contributed by atoms with Crippen molar-refractivity contribution in [2.75, 3.05) is 5.32 Å². The Kier molecular flexibility index (Phi) is 3.39. The molecule has 0 aliphatic rings. The zero-order valence-electron chi connectivity index (χ0n) is 9.38. The molecule has 0 saturated heterocycles. The van der Waals surface area contributed by atoms with Gasteiger partial charge in [0, 0.05) is 25.0 Å². The number of aromatic nitrogens is 3. The fourth-order valence-corrected chi connectivity index (χ4v) is 1.75. The number of halogens is 1. The number of hydrogen-bond acceptors (Lipinski definition) is 4. The van der Waals surface area contributed by atoms with Crippen LogP contribution in [0.5, 0.6) is 0 Å². The molecular weight excluding hydrogens is 298 g/mol. The highest BCUT2D eigenvalue weighted by atomic mass is 79.9. The van der Waals surface area contributed by atoms with Gasteiger partial charge < -0.3 is 5.32 Å². The fourth-order valence-electron chi connectivity index (χ4n) is 1.39. The second kappa shape index (κ2) is 4.98. The van der Waals surface area contributed by atoms with Gasteiger partial charge in [-0.3, -0.25) is 9.48 Å². The van der Waals surface area contributed by atoms with E-state index >= 15 is 0 Å². The van der Waals surface area contributed by atoms with Gasteiger partial charge in [0.25, 0.3) is 5.91 Å². The van der Waals surface area contributed by atoms with Gasteiger partial charge in [0.05, 0.1) is 0 Å². The van der Waals surface area contributed by atoms with Gasteiger partial charge in [-0.15, -0.1) is 0 Å². The summed E-state index contributed by atoms with van der Waals surface area (Å²) < 4.78 is 2.04. The molecule has 2 aromatic heterocycles. The van der Waals surface area contributed by atoms with Gasteiger partial charge in [-0.1, -0.05) is 0 Å². The molecule has 90 valence electrons. The number of aryl methyl sites for hydroxylation is 1. The number of carbonyl (C=O) groups is 1. The van der Waals surface area contributed by atoms with E-state index in [2.05, 4.69) is 31.3 Å². The predicted molar refractivity (Wildman–Crippen MR) is 67.8 cm³/mol. The minimum absolute atomic E-state index is 0.248. The largest absolute Gasteiger partial charge is 0.304 e. The van der Waals surface area contributed by atoms with E-state index < -0.39 is 0 Å². The number of rotatable bonds is 2. The molecule has 0 aliphatic heterocycles. The molecular formula is C11H8BrN5O. The maximum atomic E-state index is 11.9. The van der Waals surface area contributed by atoms with Crippen LogP contribution in [0.2, 0.25) is 0 Å². The molecule has 1 amide bonds. The summed E-state index contributed by atoms with van der Waals surface area (Å²) in [6.45, 7) is 0. The molecule has 0 aliphatic carbocycles. The van der Waals surface area contributed by atoms with Crippen molar-refractivity contribution >= 4 is 27.7 Å². The molecule has 2 aromatic rings. The van der Waals surface area contributed by atoms with Gasteiger partial charge in [0.15, 0.2) is 5.82 Å². The van der Waals surface area contributed by atoms with Crippen LogP contribution in [0.3, 0.4) is 0 Å². The topological polar surface area (TPSA) is 83.6 Å². The fraction of sp³-hybridized carbons (Fsp3) is 0.0909. The number of nitrogens with zero attached hydrogens (tertiary/aromatic N) is 4. The van der Waals surface area contributed by atoms with Gasteiger partial charge in [-0.25, -0.2) is 4.98 Å². The third kappa shape index (κ3) is 2.55. The quantitative estimate of drug-likeness (QED) is 0.856. The number of anilines is 1. The van der Waals surface area contributed by atoms with E-state index in [9.17, 15) is 4.79 Å². The van der Waals surface area contributed by atoms with Crippen LogP contribution in [0, 0.1) is 11.3 Å². The van der Waals surface area contributed by atoms with E-state index in [0.29, 0.717) is 15.7 Å². The Balaban J connectivity index is 2.24. The Bertz CT molecular complexity index is 643. The zero-order chi connectivity index (χ0) is 13.1. The first kappa shape index (κ1) is 12.3. The Hall–Kier alpha value is -2.20. The average molecular weight is 306 g/mol. The summed E-state index contributed by atoms with van der Waals surface area (Å²) in [5, 5.41) is 15.5. The average Bonchev–Trinajstić information content (AvgIpc) is 2.69. The third-order valence-electron chi connectivity index (χ3n) is 2.17. The van der Waals surface area contributed by atoms with Gasteiger partial charge in [0.2, 0.25) is 0 Å². The van der Waals surface area contributed by atoms with Crippen LogP contribution in [0.4, 0.5) is 5.82 Å². The summed E-state index contributed by atoms with van der Waals surface area (Å²) >= 11 is 3.18. The summed E-state index contributed by atoms with van der Waals surface area (Å²) in [5.74, 6) is -0.0914. The second-order valence-corrected chi connectivity index (χ2v) is 4.31. The molecule has 0 bridgehead atoms. The van der Waals surface area contributed by atoms with Crippen LogP contribution in [0.25, 0.3) is 0 Å². The molecule has 0 fully saturated rings. The highest BCUT2D eigenvalue weighted by Crippen LogP contribution is 2.14. The SMILES string of the molecule is Cn1cc(C#N)c(NC(=O)c2ccnc(Br)c2)n1. The lowest BCUT2D eigenvalue weighted by molar-refractivity contribution is 0.102. The Morgan fingerprint density at radius 2 is 2.39 bits per heavy atom. The van der Waals surface area contributed by atoms with Crippen molar-refractivity contribution in [3.63, 3.8) is 0 Å². The van der Waals surface area contributed by atoms with Crippen molar-refractivity contribution in [1.82, 2.24) is 14.8 Å². The smallest absolute Gasteiger partial charge is 0.257 e. The van der Waals surface area contributed by atoms with Crippen molar-refractivity contribution in [2.45, 2.75) is 0 Å². The van der Waals surface area contributed by atoms with Crippen LogP contribution in [0.1, 0.15) is 15.9 Å². The lowest BCUT2D eigenvalue weighted by Gasteiger charge is -2.02. The van der Waals surface area contributed by atoms with Gasteiger partial charge >= 0.3 is 0 Å². The lowest BCUT2D eigenvalue weighted by atomic mass is 10.2. The molecule has 0 spiro atoms. The molecule has 18 heavy (non-hydrogen) atoms. The standard InChI is InChI=1S/C11H8BrN5O/c1-17-6-8(5-13)10(16-17)15-11(18)7-2-3-14-9(12)4-7/h2-4,6H,1H3,(H,15,16,18). The number of amides is 1. The third-order valence-corrected chi connectivity index (χ3v) is 2.60. The molecule has 6 nitrogen and oxygen atoms in total. The van der Waals surface area contributed by atoms with E-state index in [1.807, 2.05) is 6.07 Å². The van der Waals surface area contributed by atoms with E-state index in [-0.39, 0.29) is 11.7 Å². The first-order valence-electron chi connectivity index (χ1n) is 4.97. The van der Waals surface area contributed by atoms with E-state index in [1.165, 1.54) is 17.1 Å². The predicted octanol–water partition coefficient (Wildman–Crippen LogP) is 1.70. The van der Waals surface area contributed by atoms with Gasteiger partial charge in [-0.2, -0.15) is 10.4 Å². The number of pyridine rings is 1. The molecule has 1 N–H and O–H groups in total. The number of nitrogens with one attached hydrogen (secondary N) is 1. The summed E-state index contributed by atoms with van der Waals surface area (Å²) in [6.07, 6.45) is 3.06. The lowest BCUT2D eigenvalue weighted by Crippen LogP contribution is -2.13. The van der Waals surface area contributed by atoms with Crippen LogP contribution in [-0.2, 0) is 7.05 Å². The van der Waals surface area contributed by atoms with Crippen molar-refractivity contribution < 1.29 is 4.79 Å². The molecule has 0 saturated carbocycles. The van der Waals surface area contributed by atoms with Crippen LogP contribution in [0.15, 0.2) is 29.1 Å². The van der Waals surface area contributed by atoms with Crippen molar-refractivity contribution in [1.29, 1.82) is 5.26 Å². The molecule has 0 unspecified atom stereocenters. The Labute approximate surface area is 111 Å². The van der Waals surface area contributed by atoms with E-state index in [1.54, 1.807) is 19.2 Å². The highest BCUT2D eigenvalue weighted by Gasteiger charge is 2.12. The van der Waals surface area contributed by atoms with Gasteiger partial charge in [0.1, 0.15) is 16.2 Å². The molecule has 2 heterocycles. The summed E-state index contributed by atoms with van der Waals surface area (Å²) in [4.78, 5) is 15.9. The van der Waals surface area contributed by atoms with Crippen LogP contribution < -0.4 is 5.32 Å². The van der Waals surface area contributed by atoms with Crippen molar-refractivity contribution in [3.05, 3.63) is 40.3 Å². The maximum Gasteiger partial charge on any atom is 0.257 e. The molecule has 2 rings (SSSR count). The first-order valence-corrected chi connectivity index (χ1v) is 5.76. The van der Waals surface area contributed by atoms with Crippen LogP contribution >= 0.6 is 15.9 Å². The van der Waals surface area contributed by atoms with Crippen molar-refractivity contribution in [2.24, 2.45) is 7.05 Å². The van der Waals surface area contributed by atoms with Crippen molar-refractivity contribution in [3.8, 4) is 6.07 Å². The number of hydrogen-bond donors (Lipinski definition) is 1. The first-order chi connectivity index (χ1) is 8.60. The Morgan fingerprint density at radius 3 is 3.06 bits per heavy atom. The molecule has 7 heteroatoms. The van der Waals surface area contributed by atoms with E-state index in [0.717, 1.165) is 0 Å². The van der Waals surface area contributed by atoms with Gasteiger partial charge in [-0.05, 0) is 28.1 Å². The highest BCUT2D eigenvalue weighted by molar-refractivity contribution is 9.10. The monoisotopic (exact) mass is 305 g/mol. The van der Waals surface area contributed by atoms with E-state index in [4.69, 9.17) is 5.26 Å². The number of carbonyl (C=O) groups excluding carboxylic acids is 1. The summed E-state index contributed by atoms with van der Waals surface area (Å²) in [7, 11) is 1.68. The summed E-state index contributed by atoms with van der Waals surface area (Å²) in [5.41, 5.74) is 0.755. The molecule has 0 aromatic carbocycles. The molecule has 0 radical (unpaired) electrons. The Morgan fingerprint density at radius 1 is 1.61 bits per heavy atom. The summed E-state index contributed by atoms with van der Waals surface area (Å²) in [6, 6.07) is 5.13. The molecule has 0 atom stereocenters.